The highest BCUT2D eigenvalue weighted by Crippen LogP contribution is 2.31. The Hall–Kier alpha value is -0.780. The molecule has 0 bridgehead atoms. The molecule has 122 valence electrons. The minimum absolute atomic E-state index is 0.327. The van der Waals surface area contributed by atoms with Crippen LogP contribution in [0.2, 0.25) is 0 Å². The highest BCUT2D eigenvalue weighted by atomic mass is 79.9. The van der Waals surface area contributed by atoms with E-state index in [4.69, 9.17) is 4.74 Å². The zero-order valence-corrected chi connectivity index (χ0v) is 14.7. The van der Waals surface area contributed by atoms with Crippen LogP contribution >= 0.6 is 15.9 Å². The number of ether oxygens (including phenoxy) is 1. The Morgan fingerprint density at radius 1 is 1.14 bits per heavy atom. The number of para-hydroxylation sites is 2. The molecule has 1 unspecified atom stereocenters. The van der Waals surface area contributed by atoms with E-state index >= 15 is 0 Å². The van der Waals surface area contributed by atoms with Crippen LogP contribution in [0.3, 0.4) is 0 Å². The van der Waals surface area contributed by atoms with Crippen LogP contribution < -0.4 is 15.0 Å². The van der Waals surface area contributed by atoms with Crippen molar-refractivity contribution in [1.29, 1.82) is 0 Å². The first kappa shape index (κ1) is 16.1. The van der Waals surface area contributed by atoms with Crippen LogP contribution in [0.4, 0.5) is 5.69 Å². The highest BCUT2D eigenvalue weighted by Gasteiger charge is 2.22. The average molecular weight is 368 g/mol. The van der Waals surface area contributed by atoms with Crippen molar-refractivity contribution in [3.05, 3.63) is 24.3 Å². The average Bonchev–Trinajstić information content (AvgIpc) is 2.57. The van der Waals surface area contributed by atoms with Gasteiger partial charge in [-0.3, -0.25) is 4.90 Å². The number of likely N-dealkylation sites (tertiary alicyclic amines) is 1. The number of nitrogens with zero attached hydrogens (tertiary/aromatic N) is 2. The predicted molar refractivity (Wildman–Crippen MR) is 95.2 cm³/mol. The van der Waals surface area contributed by atoms with Gasteiger partial charge in [-0.25, -0.2) is 0 Å². The number of benzene rings is 1. The molecule has 1 atom stereocenters. The van der Waals surface area contributed by atoms with Gasteiger partial charge in [-0.05, 0) is 38.1 Å². The fourth-order valence-electron chi connectivity index (χ4n) is 3.23. The largest absolute Gasteiger partial charge is 0.490 e. The summed E-state index contributed by atoms with van der Waals surface area (Å²) in [6, 6.07) is 8.41. The maximum atomic E-state index is 6.12. The molecular formula is C17H26BrN3O. The summed E-state index contributed by atoms with van der Waals surface area (Å²) >= 11 is 3.76. The van der Waals surface area contributed by atoms with Crippen LogP contribution in [0, 0.1) is 0 Å². The minimum Gasteiger partial charge on any atom is -0.490 e. The molecule has 0 aliphatic carbocycles. The van der Waals surface area contributed by atoms with Crippen molar-refractivity contribution in [1.82, 2.24) is 10.2 Å². The molecule has 0 saturated carbocycles. The lowest BCUT2D eigenvalue weighted by molar-refractivity contribution is 0.183. The Balaban J connectivity index is 1.58. The highest BCUT2D eigenvalue weighted by molar-refractivity contribution is 9.09. The van der Waals surface area contributed by atoms with E-state index < -0.39 is 0 Å². The van der Waals surface area contributed by atoms with Crippen molar-refractivity contribution in [3.63, 3.8) is 0 Å². The molecule has 2 aliphatic heterocycles. The van der Waals surface area contributed by atoms with Crippen LogP contribution in [0.5, 0.6) is 5.75 Å². The number of rotatable bonds is 5. The fourth-order valence-corrected chi connectivity index (χ4v) is 3.88. The first-order chi connectivity index (χ1) is 10.8. The molecule has 0 spiro atoms. The number of halogens is 1. The van der Waals surface area contributed by atoms with Gasteiger partial charge >= 0.3 is 0 Å². The SMILES string of the molecule is BrC1CNCCN1c1ccccc1OCCN1CCCCC1. The van der Waals surface area contributed by atoms with Gasteiger partial charge in [0.2, 0.25) is 0 Å². The maximum Gasteiger partial charge on any atom is 0.142 e. The first-order valence-electron chi connectivity index (χ1n) is 8.40. The summed E-state index contributed by atoms with van der Waals surface area (Å²) in [7, 11) is 0. The number of nitrogens with one attached hydrogen (secondary N) is 1. The molecule has 2 aliphatic rings. The second-order valence-corrected chi connectivity index (χ2v) is 7.11. The molecule has 2 heterocycles. The normalized spacial score (nSPS) is 23.5. The Morgan fingerprint density at radius 3 is 2.77 bits per heavy atom. The molecule has 3 rings (SSSR count). The van der Waals surface area contributed by atoms with Crippen molar-refractivity contribution in [2.45, 2.75) is 24.2 Å². The molecule has 0 radical (unpaired) electrons. The minimum atomic E-state index is 0.327. The number of piperidine rings is 1. The standard InChI is InChI=1S/C17H26BrN3O/c18-17-14-19-8-11-21(17)15-6-2-3-7-16(15)22-13-12-20-9-4-1-5-10-20/h2-3,6-7,17,19H,1,4-5,8-14H2. The maximum absolute atomic E-state index is 6.12. The van der Waals surface area contributed by atoms with Crippen molar-refractivity contribution in [2.24, 2.45) is 0 Å². The summed E-state index contributed by atoms with van der Waals surface area (Å²) < 4.78 is 6.12. The summed E-state index contributed by atoms with van der Waals surface area (Å²) in [5.41, 5.74) is 1.20. The Morgan fingerprint density at radius 2 is 1.95 bits per heavy atom. The van der Waals surface area contributed by atoms with Crippen LogP contribution in [0.1, 0.15) is 19.3 Å². The molecule has 0 amide bonds. The first-order valence-corrected chi connectivity index (χ1v) is 9.32. The zero-order valence-electron chi connectivity index (χ0n) is 13.1. The van der Waals surface area contributed by atoms with Gasteiger partial charge in [0.05, 0.1) is 10.6 Å². The molecule has 0 aromatic heterocycles. The van der Waals surface area contributed by atoms with E-state index in [2.05, 4.69) is 55.3 Å². The zero-order chi connectivity index (χ0) is 15.2. The molecule has 2 fully saturated rings. The van der Waals surface area contributed by atoms with E-state index in [-0.39, 0.29) is 0 Å². The monoisotopic (exact) mass is 367 g/mol. The lowest BCUT2D eigenvalue weighted by Crippen LogP contribution is -2.48. The Bertz CT molecular complexity index is 465. The van der Waals surface area contributed by atoms with Crippen molar-refractivity contribution >= 4 is 21.6 Å². The lowest BCUT2D eigenvalue weighted by Gasteiger charge is -2.35. The number of alkyl halides is 1. The van der Waals surface area contributed by atoms with Crippen LogP contribution in [0.25, 0.3) is 0 Å². The summed E-state index contributed by atoms with van der Waals surface area (Å²) in [6.07, 6.45) is 4.06. The van der Waals surface area contributed by atoms with Gasteiger partial charge in [-0.2, -0.15) is 0 Å². The lowest BCUT2D eigenvalue weighted by atomic mass is 10.1. The van der Waals surface area contributed by atoms with Crippen molar-refractivity contribution < 1.29 is 4.74 Å². The van der Waals surface area contributed by atoms with Gasteiger partial charge in [-0.15, -0.1) is 0 Å². The summed E-state index contributed by atoms with van der Waals surface area (Å²) in [4.78, 5) is 5.23. The van der Waals surface area contributed by atoms with E-state index in [0.717, 1.165) is 38.5 Å². The molecule has 5 heteroatoms. The molecular weight excluding hydrogens is 342 g/mol. The van der Waals surface area contributed by atoms with E-state index in [1.807, 2.05) is 0 Å². The number of piperazine rings is 1. The molecule has 1 aromatic rings. The van der Waals surface area contributed by atoms with Gasteiger partial charge in [0.25, 0.3) is 0 Å². The van der Waals surface area contributed by atoms with Crippen LogP contribution in [-0.2, 0) is 0 Å². The van der Waals surface area contributed by atoms with Crippen molar-refractivity contribution in [2.75, 3.05) is 50.8 Å². The third-order valence-electron chi connectivity index (χ3n) is 4.47. The topological polar surface area (TPSA) is 27.7 Å². The number of anilines is 1. The van der Waals surface area contributed by atoms with E-state index in [1.54, 1.807) is 0 Å². The quantitative estimate of drug-likeness (QED) is 0.639. The molecule has 22 heavy (non-hydrogen) atoms. The predicted octanol–water partition coefficient (Wildman–Crippen LogP) is 2.68. The van der Waals surface area contributed by atoms with Crippen LogP contribution in [0.15, 0.2) is 24.3 Å². The summed E-state index contributed by atoms with van der Waals surface area (Å²) in [5.74, 6) is 1.01. The third-order valence-corrected chi connectivity index (χ3v) is 5.29. The summed E-state index contributed by atoms with van der Waals surface area (Å²) in [6.45, 7) is 7.25. The van der Waals surface area contributed by atoms with Crippen LogP contribution in [-0.4, -0.2) is 55.7 Å². The fraction of sp³-hybridized carbons (Fsp3) is 0.647. The smallest absolute Gasteiger partial charge is 0.142 e. The number of hydrogen-bond donors (Lipinski definition) is 1. The molecule has 1 aromatic carbocycles. The summed E-state index contributed by atoms with van der Waals surface area (Å²) in [5, 5.41) is 3.40. The Kier molecular flexibility index (Phi) is 5.98. The molecule has 1 N–H and O–H groups in total. The van der Waals surface area contributed by atoms with Gasteiger partial charge < -0.3 is 15.0 Å². The molecule has 2 saturated heterocycles. The second kappa shape index (κ2) is 8.18. The van der Waals surface area contributed by atoms with Gasteiger partial charge in [-0.1, -0.05) is 34.5 Å². The molecule has 4 nitrogen and oxygen atoms in total. The van der Waals surface area contributed by atoms with Crippen molar-refractivity contribution in [3.8, 4) is 5.75 Å². The van der Waals surface area contributed by atoms with E-state index in [0.29, 0.717) is 4.95 Å². The van der Waals surface area contributed by atoms with Gasteiger partial charge in [0.15, 0.2) is 0 Å². The van der Waals surface area contributed by atoms with E-state index in [1.165, 1.54) is 38.0 Å². The van der Waals surface area contributed by atoms with Gasteiger partial charge in [0.1, 0.15) is 12.4 Å². The Labute approximate surface area is 141 Å². The van der Waals surface area contributed by atoms with E-state index in [9.17, 15) is 0 Å². The number of hydrogen-bond acceptors (Lipinski definition) is 4. The van der Waals surface area contributed by atoms with Gasteiger partial charge in [0, 0.05) is 26.2 Å². The third kappa shape index (κ3) is 4.15. The second-order valence-electron chi connectivity index (χ2n) is 6.05.